The summed E-state index contributed by atoms with van der Waals surface area (Å²) in [5.41, 5.74) is 2.11. The molecule has 0 aromatic heterocycles. The second-order valence-corrected chi connectivity index (χ2v) is 10.9. The zero-order valence-corrected chi connectivity index (χ0v) is 21.1. The van der Waals surface area contributed by atoms with Gasteiger partial charge in [-0.05, 0) is 49.0 Å². The molecule has 178 valence electrons. The number of benzene rings is 2. The van der Waals surface area contributed by atoms with Crippen LogP contribution in [0.15, 0.2) is 46.9 Å². The first-order valence-electron chi connectivity index (χ1n) is 10.9. The summed E-state index contributed by atoms with van der Waals surface area (Å²) in [7, 11) is -3.54. The lowest BCUT2D eigenvalue weighted by atomic mass is 10.1. The van der Waals surface area contributed by atoms with E-state index in [1.54, 1.807) is 36.4 Å². The van der Waals surface area contributed by atoms with Crippen molar-refractivity contribution in [3.8, 4) is 0 Å². The van der Waals surface area contributed by atoms with Gasteiger partial charge < -0.3 is 20.9 Å². The van der Waals surface area contributed by atoms with E-state index in [9.17, 15) is 18.0 Å². The van der Waals surface area contributed by atoms with Crippen LogP contribution in [0, 0.1) is 0 Å². The Morgan fingerprint density at radius 3 is 2.58 bits per heavy atom. The van der Waals surface area contributed by atoms with Crippen molar-refractivity contribution in [2.75, 3.05) is 42.6 Å². The Bertz CT molecular complexity index is 1120. The first-order valence-corrected chi connectivity index (χ1v) is 13.5. The molecule has 0 saturated carbocycles. The second kappa shape index (κ2) is 11.1. The molecule has 0 fully saturated rings. The van der Waals surface area contributed by atoms with Gasteiger partial charge in [-0.25, -0.2) is 8.42 Å². The topological polar surface area (TPSA) is 108 Å². The molecule has 2 aromatic carbocycles. The summed E-state index contributed by atoms with van der Waals surface area (Å²) in [6, 6.07) is 11.1. The lowest BCUT2D eigenvalue weighted by Gasteiger charge is -2.27. The maximum Gasteiger partial charge on any atom is 0.251 e. The Morgan fingerprint density at radius 1 is 1.12 bits per heavy atom. The van der Waals surface area contributed by atoms with E-state index in [-0.39, 0.29) is 17.4 Å². The fourth-order valence-corrected chi connectivity index (χ4v) is 5.66. The van der Waals surface area contributed by atoms with Gasteiger partial charge >= 0.3 is 0 Å². The summed E-state index contributed by atoms with van der Waals surface area (Å²) in [6.45, 7) is 7.27. The lowest BCUT2D eigenvalue weighted by molar-refractivity contribution is -0.116. The van der Waals surface area contributed by atoms with Gasteiger partial charge in [0.15, 0.2) is 9.84 Å². The van der Waals surface area contributed by atoms with Crippen molar-refractivity contribution in [1.29, 1.82) is 0 Å². The maximum atomic E-state index is 12.7. The van der Waals surface area contributed by atoms with Crippen molar-refractivity contribution < 1.29 is 18.0 Å². The first-order chi connectivity index (χ1) is 15.7. The standard InChI is InChI=1S/C23H29BrN4O4S/c1-3-28(4-2)11-10-25-22(29)17-8-9-19-20(13-17)27-23(30)21(26-19)15-33(31,32)14-16-6-5-7-18(24)12-16/h5-9,12-13,21,26H,3-4,10-11,14-15H2,1-2H3,(H,25,29)(H,27,30)/t21-/m1/s1. The zero-order valence-electron chi connectivity index (χ0n) is 18.7. The number of halogens is 1. The molecule has 2 amide bonds. The van der Waals surface area contributed by atoms with Gasteiger partial charge in [0.2, 0.25) is 5.91 Å². The average molecular weight is 537 g/mol. The lowest BCUT2D eigenvalue weighted by Crippen LogP contribution is -2.43. The molecule has 1 heterocycles. The predicted molar refractivity (Wildman–Crippen MR) is 134 cm³/mol. The van der Waals surface area contributed by atoms with Gasteiger partial charge in [-0.1, -0.05) is 41.9 Å². The van der Waals surface area contributed by atoms with E-state index >= 15 is 0 Å². The SMILES string of the molecule is CCN(CC)CCNC(=O)c1ccc2c(c1)NC(=O)[C@@H](CS(=O)(=O)Cc1cccc(Br)c1)N2. The van der Waals surface area contributed by atoms with Crippen molar-refractivity contribution in [3.63, 3.8) is 0 Å². The summed E-state index contributed by atoms with van der Waals surface area (Å²) in [5.74, 6) is -1.16. The van der Waals surface area contributed by atoms with Crippen molar-refractivity contribution in [2.45, 2.75) is 25.6 Å². The van der Waals surface area contributed by atoms with Crippen LogP contribution in [0.4, 0.5) is 11.4 Å². The molecule has 33 heavy (non-hydrogen) atoms. The average Bonchev–Trinajstić information content (AvgIpc) is 2.76. The van der Waals surface area contributed by atoms with Gasteiger partial charge in [-0.2, -0.15) is 0 Å². The third-order valence-electron chi connectivity index (χ3n) is 5.49. The Hall–Kier alpha value is -2.43. The Labute approximate surface area is 203 Å². The minimum absolute atomic E-state index is 0.155. The van der Waals surface area contributed by atoms with E-state index in [1.807, 2.05) is 6.07 Å². The van der Waals surface area contributed by atoms with Gasteiger partial charge in [0.05, 0.1) is 22.9 Å². The summed E-state index contributed by atoms with van der Waals surface area (Å²) in [5, 5.41) is 8.62. The van der Waals surface area contributed by atoms with Gasteiger partial charge in [-0.15, -0.1) is 0 Å². The van der Waals surface area contributed by atoms with Crippen LogP contribution in [0.2, 0.25) is 0 Å². The normalized spacial score (nSPS) is 15.5. The summed E-state index contributed by atoms with van der Waals surface area (Å²) < 4.78 is 26.2. The molecular formula is C23H29BrN4O4S. The minimum atomic E-state index is -3.54. The summed E-state index contributed by atoms with van der Waals surface area (Å²) in [6.07, 6.45) is 0. The minimum Gasteiger partial charge on any atom is -0.371 e. The number of nitrogens with zero attached hydrogens (tertiary/aromatic N) is 1. The molecule has 1 aliphatic heterocycles. The number of carbonyl (C=O) groups excluding carboxylic acids is 2. The molecule has 0 aliphatic carbocycles. The van der Waals surface area contributed by atoms with Crippen molar-refractivity contribution in [3.05, 3.63) is 58.1 Å². The van der Waals surface area contributed by atoms with Gasteiger partial charge in [0.25, 0.3) is 5.91 Å². The molecular weight excluding hydrogens is 508 g/mol. The van der Waals surface area contributed by atoms with Crippen LogP contribution >= 0.6 is 15.9 Å². The van der Waals surface area contributed by atoms with Crippen molar-refractivity contribution in [1.82, 2.24) is 10.2 Å². The van der Waals surface area contributed by atoms with E-state index in [0.29, 0.717) is 29.0 Å². The van der Waals surface area contributed by atoms with E-state index in [2.05, 4.69) is 50.6 Å². The number of likely N-dealkylation sites (N-methyl/N-ethyl adjacent to an activating group) is 1. The van der Waals surface area contributed by atoms with E-state index in [1.165, 1.54) is 0 Å². The molecule has 3 rings (SSSR count). The number of hydrogen-bond acceptors (Lipinski definition) is 6. The monoisotopic (exact) mass is 536 g/mol. The molecule has 0 spiro atoms. The highest BCUT2D eigenvalue weighted by Gasteiger charge is 2.30. The fourth-order valence-electron chi connectivity index (χ4n) is 3.67. The van der Waals surface area contributed by atoms with Crippen LogP contribution in [0.5, 0.6) is 0 Å². The predicted octanol–water partition coefficient (Wildman–Crippen LogP) is 2.87. The number of fused-ring (bicyclic) bond motifs is 1. The molecule has 10 heteroatoms. The van der Waals surface area contributed by atoms with Crippen LogP contribution in [0.25, 0.3) is 0 Å². The third kappa shape index (κ3) is 7.02. The molecule has 0 saturated heterocycles. The van der Waals surface area contributed by atoms with Crippen LogP contribution in [0.3, 0.4) is 0 Å². The largest absolute Gasteiger partial charge is 0.371 e. The third-order valence-corrected chi connectivity index (χ3v) is 7.60. The molecule has 8 nitrogen and oxygen atoms in total. The number of anilines is 2. The highest BCUT2D eigenvalue weighted by atomic mass is 79.9. The number of rotatable bonds is 10. The van der Waals surface area contributed by atoms with Crippen LogP contribution in [0.1, 0.15) is 29.8 Å². The van der Waals surface area contributed by atoms with Crippen molar-refractivity contribution in [2.24, 2.45) is 0 Å². The molecule has 0 unspecified atom stereocenters. The highest BCUT2D eigenvalue weighted by Crippen LogP contribution is 2.28. The summed E-state index contributed by atoms with van der Waals surface area (Å²) >= 11 is 3.34. The number of sulfone groups is 1. The number of nitrogens with one attached hydrogen (secondary N) is 3. The van der Waals surface area contributed by atoms with Crippen LogP contribution in [-0.4, -0.2) is 63.1 Å². The van der Waals surface area contributed by atoms with E-state index in [0.717, 1.165) is 24.1 Å². The second-order valence-electron chi connectivity index (χ2n) is 7.91. The Morgan fingerprint density at radius 2 is 1.88 bits per heavy atom. The molecule has 2 aromatic rings. The van der Waals surface area contributed by atoms with Crippen LogP contribution in [-0.2, 0) is 20.4 Å². The molecule has 1 atom stereocenters. The molecule has 3 N–H and O–H groups in total. The van der Waals surface area contributed by atoms with Gasteiger partial charge in [0, 0.05) is 23.1 Å². The molecule has 0 bridgehead atoms. The van der Waals surface area contributed by atoms with Gasteiger partial charge in [0.1, 0.15) is 6.04 Å². The Kier molecular flexibility index (Phi) is 8.50. The molecule has 0 radical (unpaired) electrons. The van der Waals surface area contributed by atoms with Gasteiger partial charge in [-0.3, -0.25) is 9.59 Å². The smallest absolute Gasteiger partial charge is 0.251 e. The van der Waals surface area contributed by atoms with E-state index < -0.39 is 21.8 Å². The van der Waals surface area contributed by atoms with Crippen LogP contribution < -0.4 is 16.0 Å². The van der Waals surface area contributed by atoms with Crippen molar-refractivity contribution >= 4 is 49.0 Å². The Balaban J connectivity index is 1.62. The summed E-state index contributed by atoms with van der Waals surface area (Å²) in [4.78, 5) is 27.3. The zero-order chi connectivity index (χ0) is 24.0. The number of hydrogen-bond donors (Lipinski definition) is 3. The maximum absolute atomic E-state index is 12.7. The number of carbonyl (C=O) groups is 2. The first kappa shape index (κ1) is 25.2. The molecule has 1 aliphatic rings. The quantitative estimate of drug-likeness (QED) is 0.431. The highest BCUT2D eigenvalue weighted by molar-refractivity contribution is 9.10. The fraction of sp³-hybridized carbons (Fsp3) is 0.391. The van der Waals surface area contributed by atoms with E-state index in [4.69, 9.17) is 0 Å². The number of amides is 2.